The summed E-state index contributed by atoms with van der Waals surface area (Å²) in [4.78, 5) is 16.1. The van der Waals surface area contributed by atoms with E-state index in [1.807, 2.05) is 30.3 Å². The van der Waals surface area contributed by atoms with Gasteiger partial charge in [-0.25, -0.2) is 0 Å². The lowest BCUT2D eigenvalue weighted by atomic mass is 10.0. The molecule has 0 fully saturated rings. The lowest BCUT2D eigenvalue weighted by Crippen LogP contribution is -2.23. The maximum Gasteiger partial charge on any atom is 0.251 e. The molecule has 3 rings (SSSR count). The molecule has 4 heteroatoms. The summed E-state index contributed by atoms with van der Waals surface area (Å²) in [5.74, 6) is -0.0322. The topological polar surface area (TPSA) is 54.0 Å². The van der Waals surface area contributed by atoms with E-state index in [1.165, 1.54) is 5.56 Å². The predicted octanol–water partition coefficient (Wildman–Crippen LogP) is 2.37. The van der Waals surface area contributed by atoms with Crippen molar-refractivity contribution in [3.8, 4) is 0 Å². The van der Waals surface area contributed by atoms with Gasteiger partial charge in [0, 0.05) is 36.7 Å². The van der Waals surface area contributed by atoms with E-state index in [2.05, 4.69) is 15.6 Å². The van der Waals surface area contributed by atoms with Crippen molar-refractivity contribution >= 4 is 11.6 Å². The summed E-state index contributed by atoms with van der Waals surface area (Å²) in [7, 11) is 0. The predicted molar refractivity (Wildman–Crippen MR) is 78.7 cm³/mol. The van der Waals surface area contributed by atoms with Crippen molar-refractivity contribution in [2.24, 2.45) is 0 Å². The third-order valence-electron chi connectivity index (χ3n) is 3.51. The number of pyridine rings is 1. The molecule has 0 unspecified atom stereocenters. The van der Waals surface area contributed by atoms with Crippen molar-refractivity contribution in [3.63, 3.8) is 0 Å². The lowest BCUT2D eigenvalue weighted by Gasteiger charge is -2.18. The maximum absolute atomic E-state index is 12.2. The van der Waals surface area contributed by atoms with Gasteiger partial charge in [-0.15, -0.1) is 0 Å². The highest BCUT2D eigenvalue weighted by atomic mass is 16.1. The molecule has 0 bridgehead atoms. The fraction of sp³-hybridized carbons (Fsp3) is 0.250. The Morgan fingerprint density at radius 3 is 2.95 bits per heavy atom. The molecule has 2 heterocycles. The van der Waals surface area contributed by atoms with Crippen molar-refractivity contribution in [3.05, 3.63) is 59.4 Å². The number of benzene rings is 1. The van der Waals surface area contributed by atoms with Crippen molar-refractivity contribution in [2.75, 3.05) is 11.9 Å². The van der Waals surface area contributed by atoms with Gasteiger partial charge < -0.3 is 10.6 Å². The van der Waals surface area contributed by atoms with Gasteiger partial charge in [0.1, 0.15) is 0 Å². The number of fused-ring (bicyclic) bond motifs is 1. The smallest absolute Gasteiger partial charge is 0.251 e. The van der Waals surface area contributed by atoms with Crippen LogP contribution in [0.25, 0.3) is 0 Å². The summed E-state index contributed by atoms with van der Waals surface area (Å²) in [6.45, 7) is 1.54. The zero-order valence-electron chi connectivity index (χ0n) is 11.2. The van der Waals surface area contributed by atoms with E-state index in [1.54, 1.807) is 12.4 Å². The van der Waals surface area contributed by atoms with E-state index in [-0.39, 0.29) is 5.91 Å². The van der Waals surface area contributed by atoms with Crippen LogP contribution < -0.4 is 10.6 Å². The van der Waals surface area contributed by atoms with Crippen molar-refractivity contribution < 1.29 is 4.79 Å². The summed E-state index contributed by atoms with van der Waals surface area (Å²) < 4.78 is 0. The van der Waals surface area contributed by atoms with Crippen LogP contribution >= 0.6 is 0 Å². The Labute approximate surface area is 118 Å². The number of hydrogen-bond acceptors (Lipinski definition) is 3. The number of aromatic nitrogens is 1. The minimum absolute atomic E-state index is 0.0322. The van der Waals surface area contributed by atoms with Gasteiger partial charge >= 0.3 is 0 Å². The molecule has 102 valence electrons. The molecule has 0 saturated heterocycles. The first-order valence-electron chi connectivity index (χ1n) is 6.87. The number of anilines is 1. The molecule has 1 amide bonds. The number of amides is 1. The second-order valence-electron chi connectivity index (χ2n) is 4.94. The first-order valence-corrected chi connectivity index (χ1v) is 6.87. The van der Waals surface area contributed by atoms with Gasteiger partial charge in [-0.05, 0) is 54.3 Å². The van der Waals surface area contributed by atoms with Crippen LogP contribution in [0.4, 0.5) is 5.69 Å². The van der Waals surface area contributed by atoms with E-state index in [9.17, 15) is 4.79 Å². The summed E-state index contributed by atoms with van der Waals surface area (Å²) in [5, 5.41) is 6.28. The number of rotatable bonds is 3. The number of carbonyl (C=O) groups excluding carboxylic acids is 1. The molecule has 2 aromatic rings. The van der Waals surface area contributed by atoms with E-state index < -0.39 is 0 Å². The van der Waals surface area contributed by atoms with E-state index in [0.29, 0.717) is 6.54 Å². The van der Waals surface area contributed by atoms with Gasteiger partial charge in [-0.2, -0.15) is 0 Å². The van der Waals surface area contributed by atoms with Crippen molar-refractivity contribution in [1.29, 1.82) is 0 Å². The molecule has 0 atom stereocenters. The normalized spacial score (nSPS) is 13.2. The Hall–Kier alpha value is -2.36. The van der Waals surface area contributed by atoms with Crippen LogP contribution in [0, 0.1) is 0 Å². The molecular formula is C16H17N3O. The molecule has 2 N–H and O–H groups in total. The highest BCUT2D eigenvalue weighted by Gasteiger charge is 2.12. The minimum atomic E-state index is -0.0322. The number of aryl methyl sites for hydroxylation is 1. The van der Waals surface area contributed by atoms with Gasteiger partial charge in [0.15, 0.2) is 0 Å². The van der Waals surface area contributed by atoms with Crippen LogP contribution in [0.3, 0.4) is 0 Å². The zero-order valence-corrected chi connectivity index (χ0v) is 11.2. The Kier molecular flexibility index (Phi) is 3.63. The Morgan fingerprint density at radius 1 is 1.25 bits per heavy atom. The van der Waals surface area contributed by atoms with Crippen molar-refractivity contribution in [2.45, 2.75) is 19.4 Å². The molecule has 20 heavy (non-hydrogen) atoms. The first-order chi connectivity index (χ1) is 9.83. The van der Waals surface area contributed by atoms with Crippen LogP contribution in [0.2, 0.25) is 0 Å². The average Bonchev–Trinajstić information content (AvgIpc) is 2.53. The fourth-order valence-corrected chi connectivity index (χ4v) is 2.40. The van der Waals surface area contributed by atoms with E-state index in [0.717, 1.165) is 36.2 Å². The summed E-state index contributed by atoms with van der Waals surface area (Å²) in [6.07, 6.45) is 5.61. The number of nitrogens with zero attached hydrogens (tertiary/aromatic N) is 1. The molecule has 1 aromatic carbocycles. The Morgan fingerprint density at radius 2 is 2.10 bits per heavy atom. The third kappa shape index (κ3) is 2.79. The quantitative estimate of drug-likeness (QED) is 0.897. The number of carbonyl (C=O) groups is 1. The van der Waals surface area contributed by atoms with Gasteiger partial charge in [0.25, 0.3) is 5.91 Å². The Bertz CT molecular complexity index is 610. The monoisotopic (exact) mass is 267 g/mol. The average molecular weight is 267 g/mol. The summed E-state index contributed by atoms with van der Waals surface area (Å²) in [6, 6.07) is 9.66. The SMILES string of the molecule is O=C(NCc1ccncc1)c1ccc2c(c1)CCCN2. The van der Waals surface area contributed by atoms with Gasteiger partial charge in [0.05, 0.1) is 0 Å². The molecule has 0 saturated carbocycles. The number of nitrogens with one attached hydrogen (secondary N) is 2. The van der Waals surface area contributed by atoms with Crippen LogP contribution in [0.15, 0.2) is 42.7 Å². The van der Waals surface area contributed by atoms with Crippen LogP contribution in [0.5, 0.6) is 0 Å². The second-order valence-corrected chi connectivity index (χ2v) is 4.94. The molecular weight excluding hydrogens is 250 g/mol. The van der Waals surface area contributed by atoms with Crippen molar-refractivity contribution in [1.82, 2.24) is 10.3 Å². The van der Waals surface area contributed by atoms with Crippen LogP contribution in [-0.4, -0.2) is 17.4 Å². The lowest BCUT2D eigenvalue weighted by molar-refractivity contribution is 0.0951. The molecule has 1 aromatic heterocycles. The molecule has 0 radical (unpaired) electrons. The molecule has 4 nitrogen and oxygen atoms in total. The van der Waals surface area contributed by atoms with Gasteiger partial charge in [0.2, 0.25) is 0 Å². The van der Waals surface area contributed by atoms with Gasteiger partial charge in [-0.3, -0.25) is 9.78 Å². The zero-order chi connectivity index (χ0) is 13.8. The molecule has 1 aliphatic heterocycles. The summed E-state index contributed by atoms with van der Waals surface area (Å²) in [5.41, 5.74) is 4.16. The maximum atomic E-state index is 12.2. The van der Waals surface area contributed by atoms with Crippen LogP contribution in [-0.2, 0) is 13.0 Å². The van der Waals surface area contributed by atoms with Crippen LogP contribution in [0.1, 0.15) is 27.9 Å². The highest BCUT2D eigenvalue weighted by Crippen LogP contribution is 2.22. The van der Waals surface area contributed by atoms with E-state index in [4.69, 9.17) is 0 Å². The highest BCUT2D eigenvalue weighted by molar-refractivity contribution is 5.94. The fourth-order valence-electron chi connectivity index (χ4n) is 2.40. The molecule has 1 aliphatic rings. The largest absolute Gasteiger partial charge is 0.385 e. The van der Waals surface area contributed by atoms with E-state index >= 15 is 0 Å². The van der Waals surface area contributed by atoms with Gasteiger partial charge in [-0.1, -0.05) is 0 Å². The third-order valence-corrected chi connectivity index (χ3v) is 3.51. The standard InChI is InChI=1S/C16H17N3O/c20-16(19-11-12-5-8-17-9-6-12)14-3-4-15-13(10-14)2-1-7-18-15/h3-6,8-10,18H,1-2,7,11H2,(H,19,20). The first kappa shape index (κ1) is 12.7. The summed E-state index contributed by atoms with van der Waals surface area (Å²) >= 11 is 0. The number of hydrogen-bond donors (Lipinski definition) is 2. The minimum Gasteiger partial charge on any atom is -0.385 e. The molecule has 0 spiro atoms. The molecule has 0 aliphatic carbocycles. The Balaban J connectivity index is 1.68. The second kappa shape index (κ2) is 5.74.